The summed E-state index contributed by atoms with van der Waals surface area (Å²) in [6.07, 6.45) is 7.09. The predicted octanol–water partition coefficient (Wildman–Crippen LogP) is 2.05. The SMILES string of the molecule is C/N=C\C(=C\OCC(C)O)S(=O)(=O)NC(=O)Nc1c2c(cc3c1CCC3)CCC2. The number of aliphatic imine (C=N–C) groups is 1. The number of rotatable bonds is 7. The Bertz CT molecular complexity index is 919. The number of carbonyl (C=O) groups excluding carboxylic acids is 1. The topological polar surface area (TPSA) is 117 Å². The lowest BCUT2D eigenvalue weighted by Crippen LogP contribution is -2.36. The van der Waals surface area contributed by atoms with Crippen LogP contribution in [0.15, 0.2) is 22.2 Å². The summed E-state index contributed by atoms with van der Waals surface area (Å²) in [7, 11) is -2.78. The summed E-state index contributed by atoms with van der Waals surface area (Å²) in [6.45, 7) is 1.43. The maximum atomic E-state index is 12.6. The third-order valence-electron chi connectivity index (χ3n) is 5.04. The van der Waals surface area contributed by atoms with Crippen molar-refractivity contribution in [3.8, 4) is 0 Å². The van der Waals surface area contributed by atoms with E-state index in [1.165, 1.54) is 25.1 Å². The highest BCUT2D eigenvalue weighted by Crippen LogP contribution is 2.38. The number of sulfonamides is 1. The van der Waals surface area contributed by atoms with E-state index in [-0.39, 0.29) is 11.5 Å². The second-order valence-corrected chi connectivity index (χ2v) is 9.07. The van der Waals surface area contributed by atoms with Gasteiger partial charge in [0.05, 0.1) is 6.10 Å². The van der Waals surface area contributed by atoms with Crippen LogP contribution in [-0.2, 0) is 40.4 Å². The van der Waals surface area contributed by atoms with Crippen LogP contribution in [0.5, 0.6) is 0 Å². The molecule has 0 aromatic heterocycles. The highest BCUT2D eigenvalue weighted by molar-refractivity contribution is 7.94. The molecule has 1 aromatic carbocycles. The van der Waals surface area contributed by atoms with Crippen molar-refractivity contribution in [1.29, 1.82) is 0 Å². The minimum atomic E-state index is -4.19. The van der Waals surface area contributed by atoms with Crippen LogP contribution in [0.2, 0.25) is 0 Å². The monoisotopic (exact) mass is 421 g/mol. The molecule has 0 saturated carbocycles. The second-order valence-electron chi connectivity index (χ2n) is 7.38. The molecule has 0 spiro atoms. The quantitative estimate of drug-likeness (QED) is 0.460. The zero-order valence-corrected chi connectivity index (χ0v) is 17.5. The van der Waals surface area contributed by atoms with E-state index < -0.39 is 22.2 Å². The Labute approximate surface area is 171 Å². The summed E-state index contributed by atoms with van der Waals surface area (Å²) in [5.74, 6) is 0. The predicted molar refractivity (Wildman–Crippen MR) is 112 cm³/mol. The van der Waals surface area contributed by atoms with E-state index in [1.54, 1.807) is 0 Å². The van der Waals surface area contributed by atoms with Gasteiger partial charge in [0, 0.05) is 18.9 Å². The lowest BCUT2D eigenvalue weighted by molar-refractivity contribution is 0.0975. The molecular formula is C20H27N3O5S. The number of amides is 2. The summed E-state index contributed by atoms with van der Waals surface area (Å²) in [5.41, 5.74) is 5.48. The zero-order valence-electron chi connectivity index (χ0n) is 16.7. The molecule has 1 atom stereocenters. The van der Waals surface area contributed by atoms with Crippen molar-refractivity contribution in [1.82, 2.24) is 4.72 Å². The van der Waals surface area contributed by atoms with Crippen LogP contribution in [0.3, 0.4) is 0 Å². The summed E-state index contributed by atoms with van der Waals surface area (Å²) in [4.78, 5) is 16.0. The number of carbonyl (C=O) groups is 1. The van der Waals surface area contributed by atoms with Gasteiger partial charge in [-0.05, 0) is 67.7 Å². The number of nitrogens with one attached hydrogen (secondary N) is 2. The number of fused-ring (bicyclic) bond motifs is 2. The highest BCUT2D eigenvalue weighted by atomic mass is 32.2. The number of hydrogen-bond acceptors (Lipinski definition) is 6. The number of ether oxygens (including phenoxy) is 1. The molecule has 158 valence electrons. The molecule has 0 fully saturated rings. The molecule has 0 saturated heterocycles. The molecule has 1 aromatic rings. The Morgan fingerprint density at radius 1 is 1.24 bits per heavy atom. The summed E-state index contributed by atoms with van der Waals surface area (Å²) in [5, 5.41) is 12.0. The van der Waals surface area contributed by atoms with E-state index in [0.29, 0.717) is 0 Å². The van der Waals surface area contributed by atoms with Gasteiger partial charge < -0.3 is 15.2 Å². The van der Waals surface area contributed by atoms with Crippen molar-refractivity contribution in [3.05, 3.63) is 39.5 Å². The Hall–Kier alpha value is -2.39. The van der Waals surface area contributed by atoms with Gasteiger partial charge in [-0.2, -0.15) is 0 Å². The van der Waals surface area contributed by atoms with E-state index in [1.807, 2.05) is 4.72 Å². The van der Waals surface area contributed by atoms with Crippen LogP contribution in [0, 0.1) is 0 Å². The first kappa shape index (κ1) is 21.3. The van der Waals surface area contributed by atoms with Crippen molar-refractivity contribution in [2.24, 2.45) is 4.99 Å². The zero-order chi connectivity index (χ0) is 21.0. The Morgan fingerprint density at radius 2 is 1.86 bits per heavy atom. The first-order valence-electron chi connectivity index (χ1n) is 9.74. The number of urea groups is 1. The number of anilines is 1. The van der Waals surface area contributed by atoms with Crippen LogP contribution < -0.4 is 10.0 Å². The van der Waals surface area contributed by atoms with Gasteiger partial charge in [0.15, 0.2) is 0 Å². The van der Waals surface area contributed by atoms with Gasteiger partial charge in [-0.3, -0.25) is 4.99 Å². The van der Waals surface area contributed by atoms with Crippen LogP contribution in [-0.4, -0.2) is 45.5 Å². The highest BCUT2D eigenvalue weighted by Gasteiger charge is 2.26. The number of aliphatic hydroxyl groups excluding tert-OH is 1. The molecule has 0 aliphatic heterocycles. The minimum absolute atomic E-state index is 0.0783. The molecule has 8 nitrogen and oxygen atoms in total. The van der Waals surface area contributed by atoms with Crippen molar-refractivity contribution < 1.29 is 23.1 Å². The van der Waals surface area contributed by atoms with Gasteiger partial charge >= 0.3 is 6.03 Å². The molecular weight excluding hydrogens is 394 g/mol. The van der Waals surface area contributed by atoms with E-state index in [0.717, 1.165) is 67.8 Å². The smallest absolute Gasteiger partial charge is 0.333 e. The Kier molecular flexibility index (Phi) is 6.59. The van der Waals surface area contributed by atoms with Crippen molar-refractivity contribution in [3.63, 3.8) is 0 Å². The summed E-state index contributed by atoms with van der Waals surface area (Å²) >= 11 is 0. The van der Waals surface area contributed by atoms with Gasteiger partial charge in [0.25, 0.3) is 10.0 Å². The molecule has 0 radical (unpaired) electrons. The lowest BCUT2D eigenvalue weighted by atomic mass is 9.99. The van der Waals surface area contributed by atoms with Gasteiger partial charge in [-0.1, -0.05) is 6.07 Å². The number of allylic oxidation sites excluding steroid dienone is 1. The van der Waals surface area contributed by atoms with Crippen LogP contribution in [0.1, 0.15) is 42.0 Å². The number of aryl methyl sites for hydroxylation is 2. The molecule has 2 aliphatic carbocycles. The molecule has 29 heavy (non-hydrogen) atoms. The Balaban J connectivity index is 1.78. The van der Waals surface area contributed by atoms with Gasteiger partial charge in [0.1, 0.15) is 17.8 Å². The molecule has 2 aliphatic rings. The maximum Gasteiger partial charge on any atom is 0.333 e. The molecule has 2 amide bonds. The van der Waals surface area contributed by atoms with Crippen LogP contribution >= 0.6 is 0 Å². The van der Waals surface area contributed by atoms with Crippen LogP contribution in [0.4, 0.5) is 10.5 Å². The second kappa shape index (κ2) is 8.96. The normalized spacial score (nSPS) is 17.1. The lowest BCUT2D eigenvalue weighted by Gasteiger charge is -2.16. The average molecular weight is 422 g/mol. The standard InChI is InChI=1S/C20H27N3O5S/c1-13(24)11-28-12-16(10-21-2)29(26,27)23-20(25)22-19-17-7-3-5-14(17)9-15-6-4-8-18(15)19/h9-10,12-13,24H,3-8,11H2,1-2H3,(H2,22,23,25)/b16-12-,21-10-. The fraction of sp³-hybridized carbons (Fsp3) is 0.500. The Morgan fingerprint density at radius 3 is 2.41 bits per heavy atom. The third kappa shape index (κ3) is 4.97. The third-order valence-corrected chi connectivity index (χ3v) is 6.32. The largest absolute Gasteiger partial charge is 0.497 e. The first-order valence-corrected chi connectivity index (χ1v) is 11.2. The minimum Gasteiger partial charge on any atom is -0.497 e. The van der Waals surface area contributed by atoms with E-state index in [9.17, 15) is 18.3 Å². The van der Waals surface area contributed by atoms with E-state index >= 15 is 0 Å². The maximum absolute atomic E-state index is 12.6. The molecule has 1 unspecified atom stereocenters. The number of benzene rings is 1. The molecule has 3 N–H and O–H groups in total. The number of hydrogen-bond donors (Lipinski definition) is 3. The fourth-order valence-corrected chi connectivity index (χ4v) is 4.70. The van der Waals surface area contributed by atoms with Crippen molar-refractivity contribution in [2.45, 2.75) is 51.6 Å². The molecule has 0 bridgehead atoms. The average Bonchev–Trinajstić information content (AvgIpc) is 3.29. The number of nitrogens with zero attached hydrogens (tertiary/aromatic N) is 1. The molecule has 0 heterocycles. The molecule has 3 rings (SSSR count). The van der Waals surface area contributed by atoms with Gasteiger partial charge in [-0.25, -0.2) is 17.9 Å². The van der Waals surface area contributed by atoms with E-state index in [2.05, 4.69) is 16.4 Å². The molecule has 9 heteroatoms. The van der Waals surface area contributed by atoms with Crippen molar-refractivity contribution >= 4 is 28.0 Å². The summed E-state index contributed by atoms with van der Waals surface area (Å²) in [6, 6.07) is 1.42. The summed E-state index contributed by atoms with van der Waals surface area (Å²) < 4.78 is 32.3. The van der Waals surface area contributed by atoms with Gasteiger partial charge in [0.2, 0.25) is 0 Å². The van der Waals surface area contributed by atoms with Crippen molar-refractivity contribution in [2.75, 3.05) is 19.0 Å². The van der Waals surface area contributed by atoms with E-state index in [4.69, 9.17) is 4.74 Å². The fourth-order valence-electron chi connectivity index (χ4n) is 3.85. The van der Waals surface area contributed by atoms with Gasteiger partial charge in [-0.15, -0.1) is 0 Å². The number of aliphatic hydroxyl groups is 1. The first-order chi connectivity index (χ1) is 13.8. The van der Waals surface area contributed by atoms with Crippen LogP contribution in [0.25, 0.3) is 0 Å².